The van der Waals surface area contributed by atoms with Gasteiger partial charge in [0, 0.05) is 12.5 Å². The molecule has 1 rings (SSSR count). The lowest BCUT2D eigenvalue weighted by Gasteiger charge is -2.22. The lowest BCUT2D eigenvalue weighted by atomic mass is 10.0. The number of nitrogens with one attached hydrogen (secondary N) is 1. The van der Waals surface area contributed by atoms with Crippen molar-refractivity contribution in [2.75, 3.05) is 7.11 Å². The van der Waals surface area contributed by atoms with E-state index in [1.54, 1.807) is 20.8 Å². The molecule has 6 nitrogen and oxygen atoms in total. The molecule has 1 aromatic carbocycles. The molecule has 130 valence electrons. The molecule has 0 aliphatic carbocycles. The number of ketones is 1. The summed E-state index contributed by atoms with van der Waals surface area (Å²) in [6.07, 6.45) is 1.71. The highest BCUT2D eigenvalue weighted by atomic mass is 16.6. The van der Waals surface area contributed by atoms with Crippen molar-refractivity contribution in [3.63, 3.8) is 0 Å². The van der Waals surface area contributed by atoms with E-state index in [4.69, 9.17) is 4.74 Å². The van der Waals surface area contributed by atoms with Crippen LogP contribution in [-0.4, -0.2) is 36.6 Å². The zero-order valence-electron chi connectivity index (χ0n) is 14.4. The first-order valence-corrected chi connectivity index (χ1v) is 7.54. The number of hydrogen-bond acceptors (Lipinski definition) is 5. The van der Waals surface area contributed by atoms with Gasteiger partial charge in [0.2, 0.25) is 0 Å². The average Bonchev–Trinajstić information content (AvgIpc) is 2.50. The molecule has 0 heterocycles. The Kier molecular flexibility index (Phi) is 7.17. The monoisotopic (exact) mass is 333 g/mol. The second-order valence-electron chi connectivity index (χ2n) is 6.15. The van der Waals surface area contributed by atoms with Crippen LogP contribution in [0.3, 0.4) is 0 Å². The lowest BCUT2D eigenvalue weighted by Crippen LogP contribution is -2.44. The van der Waals surface area contributed by atoms with Crippen molar-refractivity contribution in [2.45, 2.75) is 38.8 Å². The molecule has 0 aliphatic heterocycles. The average molecular weight is 333 g/mol. The van der Waals surface area contributed by atoms with Crippen molar-refractivity contribution in [1.82, 2.24) is 5.32 Å². The van der Waals surface area contributed by atoms with Gasteiger partial charge >= 0.3 is 12.1 Å². The van der Waals surface area contributed by atoms with Crippen molar-refractivity contribution in [3.8, 4) is 0 Å². The molecule has 0 saturated carbocycles. The molecule has 1 unspecified atom stereocenters. The third kappa shape index (κ3) is 7.58. The van der Waals surface area contributed by atoms with Crippen LogP contribution in [-0.2, 0) is 25.5 Å². The van der Waals surface area contributed by atoms with Crippen LogP contribution in [0.15, 0.2) is 42.5 Å². The number of ether oxygens (including phenoxy) is 2. The third-order valence-electron chi connectivity index (χ3n) is 2.90. The van der Waals surface area contributed by atoms with Gasteiger partial charge in [-0.25, -0.2) is 9.59 Å². The first-order valence-electron chi connectivity index (χ1n) is 7.54. The number of amides is 1. The molecule has 24 heavy (non-hydrogen) atoms. The van der Waals surface area contributed by atoms with Crippen molar-refractivity contribution in [3.05, 3.63) is 48.0 Å². The summed E-state index contributed by atoms with van der Waals surface area (Å²) in [5, 5.41) is 2.55. The van der Waals surface area contributed by atoms with E-state index in [2.05, 4.69) is 10.1 Å². The predicted octanol–water partition coefficient (Wildman–Crippen LogP) is 2.42. The fourth-order valence-corrected chi connectivity index (χ4v) is 1.86. The highest BCUT2D eigenvalue weighted by molar-refractivity contribution is 6.00. The standard InChI is InChI=1S/C18H23NO5/c1-18(2,3)24-17(22)19-14(12-13-8-6-5-7-9-13)15(20)10-11-16(21)23-4/h5-11,14H,12H2,1-4H3,(H,19,22)/b11-10+. The Morgan fingerprint density at radius 2 is 1.75 bits per heavy atom. The first-order chi connectivity index (χ1) is 11.2. The molecular weight excluding hydrogens is 310 g/mol. The van der Waals surface area contributed by atoms with E-state index in [-0.39, 0.29) is 6.42 Å². The maximum absolute atomic E-state index is 12.3. The summed E-state index contributed by atoms with van der Waals surface area (Å²) in [5.74, 6) is -1.06. The molecule has 1 aromatic rings. The number of hydrogen-bond donors (Lipinski definition) is 1. The molecule has 0 aromatic heterocycles. The second-order valence-corrected chi connectivity index (χ2v) is 6.15. The Bertz CT molecular complexity index is 602. The Hall–Kier alpha value is -2.63. The van der Waals surface area contributed by atoms with E-state index in [1.807, 2.05) is 30.3 Å². The second kappa shape index (κ2) is 8.86. The Morgan fingerprint density at radius 1 is 1.12 bits per heavy atom. The molecule has 0 spiro atoms. The number of alkyl carbamates (subject to hydrolysis) is 1. The maximum Gasteiger partial charge on any atom is 0.408 e. The minimum Gasteiger partial charge on any atom is -0.466 e. The summed E-state index contributed by atoms with van der Waals surface area (Å²) < 4.78 is 9.64. The molecule has 1 N–H and O–H groups in total. The number of carbonyl (C=O) groups excluding carboxylic acids is 3. The molecule has 0 fully saturated rings. The minimum absolute atomic E-state index is 0.282. The quantitative estimate of drug-likeness (QED) is 0.639. The number of rotatable bonds is 6. The molecule has 0 saturated heterocycles. The number of esters is 1. The van der Waals surface area contributed by atoms with E-state index in [1.165, 1.54) is 7.11 Å². The fraction of sp³-hybridized carbons (Fsp3) is 0.389. The van der Waals surface area contributed by atoms with E-state index in [0.29, 0.717) is 0 Å². The van der Waals surface area contributed by atoms with Gasteiger partial charge in [-0.05, 0) is 32.4 Å². The summed E-state index contributed by atoms with van der Waals surface area (Å²) in [4.78, 5) is 35.4. The van der Waals surface area contributed by atoms with Crippen molar-refractivity contribution < 1.29 is 23.9 Å². The van der Waals surface area contributed by atoms with Crippen molar-refractivity contribution in [2.24, 2.45) is 0 Å². The lowest BCUT2D eigenvalue weighted by molar-refractivity contribution is -0.135. The molecule has 0 aliphatic rings. The highest BCUT2D eigenvalue weighted by Crippen LogP contribution is 2.09. The Morgan fingerprint density at radius 3 is 2.29 bits per heavy atom. The van der Waals surface area contributed by atoms with Gasteiger partial charge in [0.15, 0.2) is 5.78 Å². The zero-order chi connectivity index (χ0) is 18.2. The fourth-order valence-electron chi connectivity index (χ4n) is 1.86. The largest absolute Gasteiger partial charge is 0.466 e. The van der Waals surface area contributed by atoms with Gasteiger partial charge in [0.25, 0.3) is 0 Å². The molecule has 6 heteroatoms. The molecule has 1 atom stereocenters. The molecule has 0 bridgehead atoms. The van der Waals surface area contributed by atoms with Gasteiger partial charge in [0.05, 0.1) is 13.2 Å². The van der Waals surface area contributed by atoms with Crippen LogP contribution < -0.4 is 5.32 Å². The normalized spacial score (nSPS) is 12.5. The van der Waals surface area contributed by atoms with Gasteiger partial charge in [-0.3, -0.25) is 4.79 Å². The number of benzene rings is 1. The van der Waals surface area contributed by atoms with Gasteiger partial charge in [-0.15, -0.1) is 0 Å². The highest BCUT2D eigenvalue weighted by Gasteiger charge is 2.23. The molecule has 1 amide bonds. The minimum atomic E-state index is -0.844. The van der Waals surface area contributed by atoms with E-state index in [0.717, 1.165) is 17.7 Å². The summed E-state index contributed by atoms with van der Waals surface area (Å²) in [6, 6.07) is 8.40. The summed E-state index contributed by atoms with van der Waals surface area (Å²) in [6.45, 7) is 5.20. The summed E-state index contributed by atoms with van der Waals surface area (Å²) in [7, 11) is 1.22. The number of carbonyl (C=O) groups is 3. The van der Waals surface area contributed by atoms with Gasteiger partial charge < -0.3 is 14.8 Å². The number of methoxy groups -OCH3 is 1. The summed E-state index contributed by atoms with van der Waals surface area (Å²) in [5.41, 5.74) is 0.199. The Labute approximate surface area is 141 Å². The van der Waals surface area contributed by atoms with Crippen LogP contribution in [0, 0.1) is 0 Å². The van der Waals surface area contributed by atoms with Crippen molar-refractivity contribution >= 4 is 17.8 Å². The first kappa shape index (κ1) is 19.4. The SMILES string of the molecule is COC(=O)/C=C/C(=O)C(Cc1ccccc1)NC(=O)OC(C)(C)C. The summed E-state index contributed by atoms with van der Waals surface area (Å²) >= 11 is 0. The molecular formula is C18H23NO5. The van der Waals surface area contributed by atoms with Crippen LogP contribution in [0.4, 0.5) is 4.79 Å². The molecule has 0 radical (unpaired) electrons. The van der Waals surface area contributed by atoms with Gasteiger partial charge in [0.1, 0.15) is 5.60 Å². The predicted molar refractivity (Wildman–Crippen MR) is 89.5 cm³/mol. The smallest absolute Gasteiger partial charge is 0.408 e. The van der Waals surface area contributed by atoms with E-state index in [9.17, 15) is 14.4 Å². The maximum atomic E-state index is 12.3. The van der Waals surface area contributed by atoms with Crippen LogP contribution in [0.1, 0.15) is 26.3 Å². The van der Waals surface area contributed by atoms with Gasteiger partial charge in [-0.2, -0.15) is 0 Å². The van der Waals surface area contributed by atoms with Gasteiger partial charge in [-0.1, -0.05) is 30.3 Å². The topological polar surface area (TPSA) is 81.7 Å². The van der Waals surface area contributed by atoms with Crippen molar-refractivity contribution in [1.29, 1.82) is 0 Å². The van der Waals surface area contributed by atoms with Crippen LogP contribution >= 0.6 is 0 Å². The zero-order valence-corrected chi connectivity index (χ0v) is 14.4. The van der Waals surface area contributed by atoms with Crippen LogP contribution in [0.25, 0.3) is 0 Å². The van der Waals surface area contributed by atoms with Crippen LogP contribution in [0.2, 0.25) is 0 Å². The van der Waals surface area contributed by atoms with E-state index < -0.39 is 29.5 Å². The Balaban J connectivity index is 2.86. The third-order valence-corrected chi connectivity index (χ3v) is 2.90. The van der Waals surface area contributed by atoms with Crippen LogP contribution in [0.5, 0.6) is 0 Å². The van der Waals surface area contributed by atoms with E-state index >= 15 is 0 Å².